The van der Waals surface area contributed by atoms with Crippen molar-refractivity contribution < 1.29 is 4.39 Å². The van der Waals surface area contributed by atoms with Gasteiger partial charge >= 0.3 is 0 Å². The molecule has 0 saturated heterocycles. The Kier molecular flexibility index (Phi) is 3.29. The summed E-state index contributed by atoms with van der Waals surface area (Å²) in [6.45, 7) is 3.64. The number of nitrogens with zero attached hydrogens (tertiary/aromatic N) is 1. The fourth-order valence-electron chi connectivity index (χ4n) is 1.69. The molecule has 18 heavy (non-hydrogen) atoms. The van der Waals surface area contributed by atoms with Crippen LogP contribution in [0.25, 0.3) is 0 Å². The van der Waals surface area contributed by atoms with Crippen molar-refractivity contribution in [2.24, 2.45) is 0 Å². The van der Waals surface area contributed by atoms with Gasteiger partial charge in [-0.05, 0) is 49.2 Å². The van der Waals surface area contributed by atoms with E-state index in [1.165, 1.54) is 6.07 Å². The van der Waals surface area contributed by atoms with E-state index >= 15 is 0 Å². The molecule has 0 heterocycles. The minimum absolute atomic E-state index is 0.259. The molecule has 0 unspecified atom stereocenters. The Hall–Kier alpha value is -2.34. The van der Waals surface area contributed by atoms with Gasteiger partial charge in [-0.3, -0.25) is 0 Å². The Bertz CT molecular complexity index is 627. The van der Waals surface area contributed by atoms with E-state index in [0.29, 0.717) is 22.5 Å². The third-order valence-electron chi connectivity index (χ3n) is 2.75. The number of benzene rings is 2. The average molecular weight is 240 g/mol. The van der Waals surface area contributed by atoms with Crippen LogP contribution in [-0.2, 0) is 0 Å². The molecule has 2 nitrogen and oxygen atoms in total. The van der Waals surface area contributed by atoms with E-state index in [-0.39, 0.29) is 5.82 Å². The van der Waals surface area contributed by atoms with E-state index < -0.39 is 0 Å². The highest BCUT2D eigenvalue weighted by molar-refractivity contribution is 5.67. The number of rotatable bonds is 2. The second kappa shape index (κ2) is 4.89. The zero-order valence-corrected chi connectivity index (χ0v) is 10.3. The predicted molar refractivity (Wildman–Crippen MR) is 70.3 cm³/mol. The van der Waals surface area contributed by atoms with E-state index in [0.717, 1.165) is 5.56 Å². The van der Waals surface area contributed by atoms with E-state index in [2.05, 4.69) is 11.4 Å². The second-order valence-electron chi connectivity index (χ2n) is 4.25. The number of nitriles is 1. The van der Waals surface area contributed by atoms with Gasteiger partial charge in [-0.1, -0.05) is 12.1 Å². The molecule has 0 spiro atoms. The Balaban J connectivity index is 2.34. The van der Waals surface area contributed by atoms with Crippen LogP contribution < -0.4 is 5.32 Å². The molecular weight excluding hydrogens is 227 g/mol. The molecule has 0 amide bonds. The van der Waals surface area contributed by atoms with Crippen LogP contribution in [0.2, 0.25) is 0 Å². The van der Waals surface area contributed by atoms with E-state index in [4.69, 9.17) is 5.26 Å². The molecule has 0 aliphatic carbocycles. The maximum Gasteiger partial charge on any atom is 0.128 e. The third kappa shape index (κ3) is 2.49. The lowest BCUT2D eigenvalue weighted by atomic mass is 10.1. The number of hydrogen-bond acceptors (Lipinski definition) is 2. The molecular formula is C15H13FN2. The summed E-state index contributed by atoms with van der Waals surface area (Å²) >= 11 is 0. The van der Waals surface area contributed by atoms with Crippen molar-refractivity contribution in [2.75, 3.05) is 5.32 Å². The molecule has 0 aromatic heterocycles. The number of anilines is 2. The molecule has 0 radical (unpaired) electrons. The summed E-state index contributed by atoms with van der Waals surface area (Å²) in [6.07, 6.45) is 0. The van der Waals surface area contributed by atoms with Gasteiger partial charge in [0, 0.05) is 5.69 Å². The molecule has 0 fully saturated rings. The van der Waals surface area contributed by atoms with Gasteiger partial charge in [-0.15, -0.1) is 0 Å². The number of hydrogen-bond donors (Lipinski definition) is 1. The lowest BCUT2D eigenvalue weighted by Gasteiger charge is -2.09. The van der Waals surface area contributed by atoms with Gasteiger partial charge in [0.05, 0.1) is 11.3 Å². The maximum atomic E-state index is 13.4. The molecule has 0 aliphatic heterocycles. The van der Waals surface area contributed by atoms with E-state index in [1.54, 1.807) is 25.1 Å². The monoisotopic (exact) mass is 240 g/mol. The summed E-state index contributed by atoms with van der Waals surface area (Å²) in [7, 11) is 0. The largest absolute Gasteiger partial charge is 0.354 e. The quantitative estimate of drug-likeness (QED) is 0.859. The molecule has 1 N–H and O–H groups in total. The van der Waals surface area contributed by atoms with Crippen molar-refractivity contribution >= 4 is 11.4 Å². The first-order valence-electron chi connectivity index (χ1n) is 5.64. The summed E-state index contributed by atoms with van der Waals surface area (Å²) in [5, 5.41) is 12.1. The minimum atomic E-state index is -0.259. The van der Waals surface area contributed by atoms with Crippen molar-refractivity contribution in [3.8, 4) is 6.07 Å². The van der Waals surface area contributed by atoms with Crippen molar-refractivity contribution in [3.05, 3.63) is 58.9 Å². The molecule has 0 atom stereocenters. The van der Waals surface area contributed by atoms with Gasteiger partial charge in [0.1, 0.15) is 11.9 Å². The van der Waals surface area contributed by atoms with Crippen LogP contribution in [0.15, 0.2) is 36.4 Å². The highest BCUT2D eigenvalue weighted by Gasteiger charge is 2.04. The standard InChI is InChI=1S/C15H13FN2/c1-10-3-6-15(12(7-10)9-17)18-13-5-4-11(2)14(16)8-13/h3-8,18H,1-2H3. The van der Waals surface area contributed by atoms with Crippen molar-refractivity contribution in [1.29, 1.82) is 5.26 Å². The molecule has 2 rings (SSSR count). The smallest absolute Gasteiger partial charge is 0.128 e. The molecule has 3 heteroatoms. The Morgan fingerprint density at radius 3 is 2.56 bits per heavy atom. The fourth-order valence-corrected chi connectivity index (χ4v) is 1.69. The van der Waals surface area contributed by atoms with Crippen LogP contribution in [0.5, 0.6) is 0 Å². The SMILES string of the molecule is Cc1ccc(Nc2ccc(C)c(F)c2)c(C#N)c1. The Morgan fingerprint density at radius 1 is 1.11 bits per heavy atom. The Labute approximate surface area is 106 Å². The molecule has 2 aromatic carbocycles. The van der Waals surface area contributed by atoms with Gasteiger partial charge in [0.25, 0.3) is 0 Å². The van der Waals surface area contributed by atoms with Crippen molar-refractivity contribution in [3.63, 3.8) is 0 Å². The predicted octanol–water partition coefficient (Wildman–Crippen LogP) is 4.06. The van der Waals surface area contributed by atoms with Crippen molar-refractivity contribution in [1.82, 2.24) is 0 Å². The van der Waals surface area contributed by atoms with E-state index in [1.807, 2.05) is 19.1 Å². The molecule has 2 aromatic rings. The van der Waals surface area contributed by atoms with Crippen LogP contribution in [0.3, 0.4) is 0 Å². The molecule has 90 valence electrons. The molecule has 0 aliphatic rings. The van der Waals surface area contributed by atoms with E-state index in [9.17, 15) is 4.39 Å². The zero-order valence-electron chi connectivity index (χ0n) is 10.3. The van der Waals surface area contributed by atoms with Crippen LogP contribution in [0.4, 0.5) is 15.8 Å². The number of nitrogens with one attached hydrogen (secondary N) is 1. The Morgan fingerprint density at radius 2 is 1.89 bits per heavy atom. The lowest BCUT2D eigenvalue weighted by Crippen LogP contribution is -1.95. The zero-order chi connectivity index (χ0) is 13.1. The summed E-state index contributed by atoms with van der Waals surface area (Å²) in [6, 6.07) is 12.6. The number of halogens is 1. The highest BCUT2D eigenvalue weighted by Crippen LogP contribution is 2.23. The summed E-state index contributed by atoms with van der Waals surface area (Å²) in [4.78, 5) is 0. The van der Waals surface area contributed by atoms with Crippen molar-refractivity contribution in [2.45, 2.75) is 13.8 Å². The van der Waals surface area contributed by atoms with Crippen LogP contribution in [-0.4, -0.2) is 0 Å². The normalized spacial score (nSPS) is 9.89. The second-order valence-corrected chi connectivity index (χ2v) is 4.25. The van der Waals surface area contributed by atoms with Gasteiger partial charge < -0.3 is 5.32 Å². The van der Waals surface area contributed by atoms with Gasteiger partial charge in [-0.2, -0.15) is 5.26 Å². The maximum absolute atomic E-state index is 13.4. The third-order valence-corrected chi connectivity index (χ3v) is 2.75. The molecule has 0 bridgehead atoms. The summed E-state index contributed by atoms with van der Waals surface area (Å²) in [5.41, 5.74) is 3.50. The minimum Gasteiger partial charge on any atom is -0.354 e. The van der Waals surface area contributed by atoms with Gasteiger partial charge in [0.15, 0.2) is 0 Å². The van der Waals surface area contributed by atoms with Gasteiger partial charge in [-0.25, -0.2) is 4.39 Å². The summed E-state index contributed by atoms with van der Waals surface area (Å²) in [5.74, 6) is -0.259. The number of aryl methyl sites for hydroxylation is 2. The highest BCUT2D eigenvalue weighted by atomic mass is 19.1. The topological polar surface area (TPSA) is 35.8 Å². The molecule has 0 saturated carbocycles. The average Bonchev–Trinajstić information content (AvgIpc) is 2.36. The lowest BCUT2D eigenvalue weighted by molar-refractivity contribution is 0.619. The van der Waals surface area contributed by atoms with Crippen LogP contribution in [0, 0.1) is 31.0 Å². The van der Waals surface area contributed by atoms with Gasteiger partial charge in [0.2, 0.25) is 0 Å². The first-order chi connectivity index (χ1) is 8.60. The van der Waals surface area contributed by atoms with Crippen LogP contribution >= 0.6 is 0 Å². The summed E-state index contributed by atoms with van der Waals surface area (Å²) < 4.78 is 13.4. The van der Waals surface area contributed by atoms with Crippen LogP contribution in [0.1, 0.15) is 16.7 Å². The first-order valence-corrected chi connectivity index (χ1v) is 5.64. The first kappa shape index (κ1) is 12.1. The fraction of sp³-hybridized carbons (Fsp3) is 0.133.